The van der Waals surface area contributed by atoms with Crippen LogP contribution in [0.1, 0.15) is 33.1 Å². The number of benzene rings is 1. The van der Waals surface area contributed by atoms with Crippen LogP contribution < -0.4 is 5.32 Å². The van der Waals surface area contributed by atoms with E-state index in [0.29, 0.717) is 21.5 Å². The van der Waals surface area contributed by atoms with Gasteiger partial charge in [0.25, 0.3) is 0 Å². The first kappa shape index (κ1) is 13.4. The Morgan fingerprint density at radius 3 is 2.68 bits per heavy atom. The quantitative estimate of drug-likeness (QED) is 0.757. The lowest BCUT2D eigenvalue weighted by Crippen LogP contribution is -2.17. The summed E-state index contributed by atoms with van der Waals surface area (Å²) in [5, 5.41) is 4.72. The first-order chi connectivity index (χ1) is 8.96. The zero-order valence-corrected chi connectivity index (χ0v) is 13.2. The third-order valence-electron chi connectivity index (χ3n) is 3.76. The Kier molecular flexibility index (Phi) is 3.36. The molecule has 0 bridgehead atoms. The first-order valence-electron chi connectivity index (χ1n) is 6.33. The van der Waals surface area contributed by atoms with E-state index in [1.807, 2.05) is 0 Å². The summed E-state index contributed by atoms with van der Waals surface area (Å²) in [5.41, 5.74) is 2.79. The van der Waals surface area contributed by atoms with E-state index in [1.165, 1.54) is 6.42 Å². The third-order valence-corrected chi connectivity index (χ3v) is 4.88. The second-order valence-corrected chi connectivity index (χ2v) is 7.27. The van der Waals surface area contributed by atoms with Gasteiger partial charge in [0.1, 0.15) is 11.4 Å². The highest BCUT2D eigenvalue weighted by Gasteiger charge is 2.32. The fourth-order valence-corrected chi connectivity index (χ4v) is 3.94. The zero-order chi connectivity index (χ0) is 13.6. The van der Waals surface area contributed by atoms with Crippen molar-refractivity contribution in [3.63, 3.8) is 0 Å². The molecule has 3 rings (SSSR count). The number of halogens is 2. The molecule has 19 heavy (non-hydrogen) atoms. The predicted molar refractivity (Wildman–Crippen MR) is 83.0 cm³/mol. The second kappa shape index (κ2) is 4.76. The molecule has 0 aromatic heterocycles. The molecule has 1 N–H and O–H groups in total. The van der Waals surface area contributed by atoms with Crippen molar-refractivity contribution in [2.75, 3.05) is 5.32 Å². The molecule has 6 heteroatoms. The minimum absolute atomic E-state index is 0.399. The number of nitrogens with one attached hydrogen (secondary N) is 1. The van der Waals surface area contributed by atoms with Crippen LogP contribution >= 0.6 is 23.2 Å². The third kappa shape index (κ3) is 2.54. The van der Waals surface area contributed by atoms with Gasteiger partial charge in [-0.2, -0.15) is 8.73 Å². The summed E-state index contributed by atoms with van der Waals surface area (Å²) >= 11 is 13.6. The van der Waals surface area contributed by atoms with Crippen molar-refractivity contribution in [3.05, 3.63) is 16.1 Å². The van der Waals surface area contributed by atoms with Crippen LogP contribution in [0.15, 0.2) is 14.8 Å². The fraction of sp³-hybridized carbons (Fsp3) is 0.538. The highest BCUT2D eigenvalue weighted by atomic mass is 35.5. The molecule has 1 aromatic carbocycles. The molecule has 1 saturated carbocycles. The van der Waals surface area contributed by atoms with Crippen molar-refractivity contribution >= 4 is 51.6 Å². The van der Waals surface area contributed by atoms with Crippen molar-refractivity contribution in [3.8, 4) is 0 Å². The molecular formula is C13H15Cl2N3S. The van der Waals surface area contributed by atoms with Crippen LogP contribution in [0, 0.1) is 5.41 Å². The highest BCUT2D eigenvalue weighted by molar-refractivity contribution is 7.58. The normalized spacial score (nSPS) is 23.3. The molecule has 1 aliphatic carbocycles. The Bertz CT molecular complexity index is 606. The summed E-state index contributed by atoms with van der Waals surface area (Å²) in [4.78, 5) is 0. The molecular weight excluding hydrogens is 301 g/mol. The van der Waals surface area contributed by atoms with Gasteiger partial charge in [0.05, 0.1) is 27.1 Å². The van der Waals surface area contributed by atoms with E-state index < -0.39 is 0 Å². The summed E-state index contributed by atoms with van der Waals surface area (Å²) in [5.74, 6) is 0. The van der Waals surface area contributed by atoms with Crippen LogP contribution in [0.4, 0.5) is 17.1 Å². The number of rotatable bonds is 2. The van der Waals surface area contributed by atoms with Crippen LogP contribution in [0.2, 0.25) is 10.0 Å². The number of hydrogen-bond acceptors (Lipinski definition) is 3. The van der Waals surface area contributed by atoms with E-state index in [-0.39, 0.29) is 0 Å². The molecule has 0 radical (unpaired) electrons. The maximum Gasteiger partial charge on any atom is 0.130 e. The van der Waals surface area contributed by atoms with E-state index in [0.717, 1.165) is 41.3 Å². The average molecular weight is 316 g/mol. The van der Waals surface area contributed by atoms with Gasteiger partial charge >= 0.3 is 0 Å². The van der Waals surface area contributed by atoms with E-state index in [2.05, 4.69) is 27.9 Å². The lowest BCUT2D eigenvalue weighted by atomic mass is 9.92. The Morgan fingerprint density at radius 1 is 1.26 bits per heavy atom. The zero-order valence-electron chi connectivity index (χ0n) is 10.8. The van der Waals surface area contributed by atoms with E-state index in [4.69, 9.17) is 23.2 Å². The molecule has 1 aliphatic heterocycles. The van der Waals surface area contributed by atoms with Crippen LogP contribution in [-0.2, 0) is 11.4 Å². The summed E-state index contributed by atoms with van der Waals surface area (Å²) < 4.78 is 8.54. The summed E-state index contributed by atoms with van der Waals surface area (Å²) in [6, 6.07) is 2.19. The van der Waals surface area contributed by atoms with Crippen LogP contribution in [0.3, 0.4) is 0 Å². The molecule has 1 unspecified atom stereocenters. The van der Waals surface area contributed by atoms with Crippen molar-refractivity contribution in [2.24, 2.45) is 14.1 Å². The fourth-order valence-electron chi connectivity index (χ4n) is 2.77. The van der Waals surface area contributed by atoms with E-state index >= 15 is 0 Å². The Morgan fingerprint density at radius 2 is 2.00 bits per heavy atom. The molecule has 0 saturated heterocycles. The second-order valence-electron chi connectivity index (χ2n) is 5.92. The maximum atomic E-state index is 6.30. The maximum absolute atomic E-state index is 6.30. The van der Waals surface area contributed by atoms with Gasteiger partial charge < -0.3 is 5.32 Å². The average Bonchev–Trinajstić information content (AvgIpc) is 2.91. The van der Waals surface area contributed by atoms with Gasteiger partial charge in [-0.05, 0) is 30.7 Å². The highest BCUT2D eigenvalue weighted by Crippen LogP contribution is 2.49. The molecule has 0 spiro atoms. The molecule has 2 aliphatic rings. The van der Waals surface area contributed by atoms with Crippen molar-refractivity contribution in [1.29, 1.82) is 0 Å². The number of fused-ring (bicyclic) bond motifs is 1. The largest absolute Gasteiger partial charge is 0.379 e. The summed E-state index contributed by atoms with van der Waals surface area (Å²) in [7, 11) is 0. The first-order valence-corrected chi connectivity index (χ1v) is 7.82. The van der Waals surface area contributed by atoms with Gasteiger partial charge in [-0.15, -0.1) is 0 Å². The lowest BCUT2D eigenvalue weighted by Gasteiger charge is -2.20. The van der Waals surface area contributed by atoms with Gasteiger partial charge in [0, 0.05) is 6.04 Å². The minimum atomic E-state index is 0.399. The smallest absolute Gasteiger partial charge is 0.130 e. The van der Waals surface area contributed by atoms with Crippen molar-refractivity contribution < 1.29 is 0 Å². The molecule has 0 amide bonds. The Balaban J connectivity index is 1.91. The van der Waals surface area contributed by atoms with Gasteiger partial charge in [0.15, 0.2) is 0 Å². The lowest BCUT2D eigenvalue weighted by molar-refractivity contribution is 0.378. The Labute approximate surface area is 126 Å². The molecule has 1 heterocycles. The standard InChI is InChI=1S/C13H15Cl2N3S/c1-13(2)4-3-7(6-13)16-10-8(14)5-9(15)11-12(10)18-19-17-11/h5,7,16H,3-4,6H2,1-2H3. The van der Waals surface area contributed by atoms with Crippen LogP contribution in [0.5, 0.6) is 0 Å². The molecule has 1 fully saturated rings. The minimum Gasteiger partial charge on any atom is -0.379 e. The van der Waals surface area contributed by atoms with Crippen molar-refractivity contribution in [2.45, 2.75) is 39.2 Å². The SMILES string of the molecule is CC1(C)CCC(Nc2c(Cl)cc(Cl)c3c2N=S=N3)C1. The van der Waals surface area contributed by atoms with E-state index in [9.17, 15) is 0 Å². The topological polar surface area (TPSA) is 36.8 Å². The number of anilines is 1. The van der Waals surface area contributed by atoms with Gasteiger partial charge in [-0.1, -0.05) is 37.0 Å². The molecule has 102 valence electrons. The number of hydrogen-bond donors (Lipinski definition) is 1. The summed E-state index contributed by atoms with van der Waals surface area (Å²) in [6.07, 6.45) is 3.53. The monoisotopic (exact) mass is 315 g/mol. The molecule has 1 aromatic rings. The van der Waals surface area contributed by atoms with Crippen molar-refractivity contribution in [1.82, 2.24) is 0 Å². The van der Waals surface area contributed by atoms with E-state index in [1.54, 1.807) is 6.07 Å². The van der Waals surface area contributed by atoms with Crippen LogP contribution in [-0.4, -0.2) is 6.04 Å². The van der Waals surface area contributed by atoms with Crippen LogP contribution in [0.25, 0.3) is 0 Å². The van der Waals surface area contributed by atoms with Gasteiger partial charge in [-0.25, -0.2) is 0 Å². The Hall–Kier alpha value is -0.580. The predicted octanol–water partition coefficient (Wildman–Crippen LogP) is 5.71. The van der Waals surface area contributed by atoms with Gasteiger partial charge in [0.2, 0.25) is 0 Å². The number of nitrogens with zero attached hydrogens (tertiary/aromatic N) is 2. The molecule has 1 atom stereocenters. The molecule has 3 nitrogen and oxygen atoms in total. The van der Waals surface area contributed by atoms with Gasteiger partial charge in [-0.3, -0.25) is 0 Å². The summed E-state index contributed by atoms with van der Waals surface area (Å²) in [6.45, 7) is 4.61.